The van der Waals surface area contributed by atoms with Crippen LogP contribution in [0.4, 0.5) is 13.2 Å². The van der Waals surface area contributed by atoms with Crippen LogP contribution in [-0.4, -0.2) is 113 Å². The van der Waals surface area contributed by atoms with Crippen LogP contribution in [0.3, 0.4) is 0 Å². The van der Waals surface area contributed by atoms with Gasteiger partial charge in [-0.05, 0) is 37.0 Å². The number of hydrogen-bond acceptors (Lipinski definition) is 12. The molecule has 2 amide bonds. The van der Waals surface area contributed by atoms with Gasteiger partial charge in [-0.25, -0.2) is 4.79 Å². The van der Waals surface area contributed by atoms with Crippen LogP contribution in [0.15, 0.2) is 30.3 Å². The lowest BCUT2D eigenvalue weighted by Crippen LogP contribution is -2.71. The van der Waals surface area contributed by atoms with E-state index >= 15 is 0 Å². The van der Waals surface area contributed by atoms with Gasteiger partial charge in [0.25, 0.3) is 0 Å². The third kappa shape index (κ3) is 9.68. The zero-order valence-corrected chi connectivity index (χ0v) is 31.3. The Morgan fingerprint density at radius 3 is 2.31 bits per heavy atom. The number of benzene rings is 1. The molecule has 1 saturated carbocycles. The summed E-state index contributed by atoms with van der Waals surface area (Å²) in [6.07, 6.45) is -0.655. The van der Waals surface area contributed by atoms with Gasteiger partial charge in [0, 0.05) is 31.9 Å². The Balaban J connectivity index is 1.45. The number of alkyl halides is 3. The molecule has 55 heavy (non-hydrogen) atoms. The van der Waals surface area contributed by atoms with Crippen molar-refractivity contribution in [1.29, 1.82) is 0 Å². The lowest BCUT2D eigenvalue weighted by atomic mass is 9.62. The average molecular weight is 784 g/mol. The summed E-state index contributed by atoms with van der Waals surface area (Å²) in [5, 5.41) is 26.3. The number of aliphatic hydroxyl groups is 2. The van der Waals surface area contributed by atoms with Crippen LogP contribution in [0.25, 0.3) is 6.08 Å². The number of fused-ring (bicyclic) bond motifs is 4. The van der Waals surface area contributed by atoms with E-state index in [0.29, 0.717) is 24.0 Å². The van der Waals surface area contributed by atoms with Gasteiger partial charge in [-0.1, -0.05) is 63.8 Å². The summed E-state index contributed by atoms with van der Waals surface area (Å²) in [4.78, 5) is 60.1. The average Bonchev–Trinajstić information content (AvgIpc) is 3.69. The molecule has 4 fully saturated rings. The number of ether oxygens (including phenoxy) is 4. The molecule has 1 aliphatic carbocycles. The first kappa shape index (κ1) is 42.5. The molecule has 14 nitrogen and oxygen atoms in total. The minimum Gasteiger partial charge on any atom is -0.458 e. The maximum Gasteiger partial charge on any atom is 0.422 e. The molecule has 3 heterocycles. The first-order valence-corrected chi connectivity index (χ1v) is 19.0. The number of amides is 2. The van der Waals surface area contributed by atoms with E-state index in [-0.39, 0.29) is 26.1 Å². The molecule has 2 bridgehead atoms. The molecule has 5 rings (SSSR count). The van der Waals surface area contributed by atoms with Crippen molar-refractivity contribution in [2.24, 2.45) is 5.41 Å². The number of carbonyl (C=O) groups is 4. The molecule has 306 valence electrons. The minimum absolute atomic E-state index is 0.0140. The zero-order valence-electron chi connectivity index (χ0n) is 31.3. The number of halogens is 3. The van der Waals surface area contributed by atoms with Crippen molar-refractivity contribution in [1.82, 2.24) is 15.7 Å². The Bertz CT molecular complexity index is 1530. The van der Waals surface area contributed by atoms with E-state index in [1.54, 1.807) is 24.3 Å². The summed E-state index contributed by atoms with van der Waals surface area (Å²) in [7, 11) is 0. The van der Waals surface area contributed by atoms with Crippen LogP contribution < -0.4 is 10.6 Å². The minimum atomic E-state index is -4.65. The second kappa shape index (κ2) is 18.1. The van der Waals surface area contributed by atoms with Crippen LogP contribution in [-0.2, 0) is 49.5 Å². The van der Waals surface area contributed by atoms with Gasteiger partial charge >= 0.3 is 18.1 Å². The first-order chi connectivity index (χ1) is 26.2. The van der Waals surface area contributed by atoms with Gasteiger partial charge in [-0.3, -0.25) is 19.2 Å². The number of unbranched alkanes of at least 4 members (excludes halogenated alkanes) is 4. The van der Waals surface area contributed by atoms with E-state index in [4.69, 9.17) is 19.0 Å². The maximum atomic E-state index is 14.7. The third-order valence-corrected chi connectivity index (χ3v) is 10.6. The van der Waals surface area contributed by atoms with Gasteiger partial charge in [0.05, 0.1) is 19.3 Å². The Labute approximate surface area is 318 Å². The van der Waals surface area contributed by atoms with Crippen molar-refractivity contribution in [2.75, 3.05) is 19.8 Å². The second-order valence-corrected chi connectivity index (χ2v) is 14.7. The van der Waals surface area contributed by atoms with Crippen molar-refractivity contribution < 1.29 is 66.3 Å². The molecule has 17 heteroatoms. The highest BCUT2D eigenvalue weighted by molar-refractivity contribution is 5.96. The molecule has 3 saturated heterocycles. The number of hydrogen-bond donors (Lipinski definition) is 4. The van der Waals surface area contributed by atoms with Crippen LogP contribution in [0.2, 0.25) is 0 Å². The number of aliphatic hydroxyl groups excluding tert-OH is 2. The van der Waals surface area contributed by atoms with Gasteiger partial charge in [-0.2, -0.15) is 18.2 Å². The monoisotopic (exact) mass is 783 g/mol. The molecule has 3 aliphatic heterocycles. The van der Waals surface area contributed by atoms with Gasteiger partial charge in [0.2, 0.25) is 11.8 Å². The molecule has 0 radical (unpaired) electrons. The highest BCUT2D eigenvalue weighted by Crippen LogP contribution is 2.58. The number of rotatable bonds is 19. The van der Waals surface area contributed by atoms with E-state index in [2.05, 4.69) is 29.2 Å². The molecule has 1 aromatic rings. The highest BCUT2D eigenvalue weighted by Gasteiger charge is 2.76. The molecular weight excluding hydrogens is 731 g/mol. The summed E-state index contributed by atoms with van der Waals surface area (Å²) in [5.74, 6) is -4.34. The topological polar surface area (TPSA) is 182 Å². The Kier molecular flexibility index (Phi) is 14.0. The fourth-order valence-corrected chi connectivity index (χ4v) is 7.95. The quantitative estimate of drug-likeness (QED) is 0.0916. The van der Waals surface area contributed by atoms with E-state index in [0.717, 1.165) is 44.6 Å². The predicted molar refractivity (Wildman–Crippen MR) is 188 cm³/mol. The normalized spacial score (nSPS) is 28.0. The largest absolute Gasteiger partial charge is 0.458 e. The van der Waals surface area contributed by atoms with Gasteiger partial charge in [0.1, 0.15) is 35.9 Å². The molecule has 1 aromatic carbocycles. The van der Waals surface area contributed by atoms with E-state index < -0.39 is 90.3 Å². The molecule has 8 atom stereocenters. The number of hydroxylamine groups is 2. The number of carbonyl (C=O) groups excluding carboxylic acids is 4. The van der Waals surface area contributed by atoms with Crippen molar-refractivity contribution >= 4 is 29.8 Å². The summed E-state index contributed by atoms with van der Waals surface area (Å²) < 4.78 is 61.0. The summed E-state index contributed by atoms with van der Waals surface area (Å²) >= 11 is 0. The van der Waals surface area contributed by atoms with E-state index in [1.165, 1.54) is 18.1 Å². The van der Waals surface area contributed by atoms with E-state index in [1.807, 2.05) is 0 Å². The van der Waals surface area contributed by atoms with Crippen molar-refractivity contribution in [2.45, 2.75) is 140 Å². The second-order valence-electron chi connectivity index (χ2n) is 14.7. The molecule has 8 unspecified atom stereocenters. The molecule has 0 spiro atoms. The van der Waals surface area contributed by atoms with E-state index in [9.17, 15) is 42.6 Å². The van der Waals surface area contributed by atoms with Crippen LogP contribution in [0.5, 0.6) is 0 Å². The number of esters is 2. The Morgan fingerprint density at radius 1 is 1.05 bits per heavy atom. The predicted octanol–water partition coefficient (Wildman–Crippen LogP) is 3.22. The summed E-state index contributed by atoms with van der Waals surface area (Å²) in [6, 6.07) is 3.81. The standard InChI is InChI=1S/C38H52F3N3O11/c1-4-6-8-16-36(17-9-7-5-2)53-29-26-20-37(35(50)43-28(23(3)46)33(48)42-18-19-45)31(34(49)52-26)44(55-32(37)30(29)54-36)21-25-12-10-24(11-13-25)14-15-27(47)51-22-38(39,40)41/h10-15,23,26,28-32,45-46H,4-9,16-22H2,1-3H3,(H,42,48)(H,43,50). The van der Waals surface area contributed by atoms with Crippen molar-refractivity contribution in [3.8, 4) is 0 Å². The Hall–Kier alpha value is -3.61. The van der Waals surface area contributed by atoms with Gasteiger partial charge in [0.15, 0.2) is 18.4 Å². The van der Waals surface area contributed by atoms with Gasteiger partial charge < -0.3 is 39.8 Å². The SMILES string of the molecule is CCCCCC1(CCCCC)OC2C3CC4(C(=O)NC(C(=O)NCCO)C(C)O)C(ON(Cc5ccc(C=CC(=O)OCC(F)(F)F)cc5)C4C(=O)O3)C2O1. The van der Waals surface area contributed by atoms with Crippen LogP contribution in [0.1, 0.15) is 89.7 Å². The number of nitrogens with one attached hydrogen (secondary N) is 2. The summed E-state index contributed by atoms with van der Waals surface area (Å²) in [5.41, 5.74) is -0.554. The molecule has 4 N–H and O–H groups in total. The highest BCUT2D eigenvalue weighted by atomic mass is 19.4. The fourth-order valence-electron chi connectivity index (χ4n) is 7.95. The molecule has 4 aliphatic rings. The van der Waals surface area contributed by atoms with Gasteiger partial charge in [-0.15, -0.1) is 0 Å². The molecular formula is C38H52F3N3O11. The molecule has 0 aromatic heterocycles. The maximum absolute atomic E-state index is 14.7. The van der Waals surface area contributed by atoms with Crippen molar-refractivity contribution in [3.63, 3.8) is 0 Å². The number of nitrogens with zero attached hydrogens (tertiary/aromatic N) is 1. The fraction of sp³-hybridized carbons (Fsp3) is 0.684. The Morgan fingerprint density at radius 2 is 1.71 bits per heavy atom. The summed E-state index contributed by atoms with van der Waals surface area (Å²) in [6.45, 7) is 3.33. The third-order valence-electron chi connectivity index (χ3n) is 10.6. The zero-order chi connectivity index (χ0) is 40.0. The van der Waals surface area contributed by atoms with Crippen LogP contribution >= 0.6 is 0 Å². The van der Waals surface area contributed by atoms with Crippen LogP contribution in [0, 0.1) is 5.41 Å². The smallest absolute Gasteiger partial charge is 0.422 e. The lowest BCUT2D eigenvalue weighted by Gasteiger charge is -2.49. The van der Waals surface area contributed by atoms with Crippen molar-refractivity contribution in [3.05, 3.63) is 41.5 Å². The first-order valence-electron chi connectivity index (χ1n) is 19.0. The lowest BCUT2D eigenvalue weighted by molar-refractivity contribution is -0.224.